The Balaban J connectivity index is 1.99. The summed E-state index contributed by atoms with van der Waals surface area (Å²) >= 11 is 0.786. The Morgan fingerprint density at radius 3 is 2.56 bits per heavy atom. The molecule has 7 nitrogen and oxygen atoms in total. The predicted molar refractivity (Wildman–Crippen MR) is 65.2 cm³/mol. The highest BCUT2D eigenvalue weighted by molar-refractivity contribution is 9.08. The molecule has 0 saturated heterocycles. The third-order valence-corrected chi connectivity index (χ3v) is 4.16. The van der Waals surface area contributed by atoms with Gasteiger partial charge in [0.05, 0.1) is 0 Å². The lowest BCUT2D eigenvalue weighted by molar-refractivity contribution is -0.427. The van der Waals surface area contributed by atoms with Crippen LogP contribution in [0.1, 0.15) is 0 Å². The summed E-state index contributed by atoms with van der Waals surface area (Å²) in [6.45, 7) is 0. The fraction of sp³-hybridized carbons (Fsp3) is 0. The summed E-state index contributed by atoms with van der Waals surface area (Å²) in [5.41, 5.74) is 0. The van der Waals surface area contributed by atoms with Gasteiger partial charge in [-0.25, -0.2) is 9.68 Å². The molecule has 0 saturated carbocycles. The van der Waals surface area contributed by atoms with Crippen LogP contribution < -0.4 is 0 Å². The van der Waals surface area contributed by atoms with E-state index in [0.717, 1.165) is 16.0 Å². The zero-order valence-corrected chi connectivity index (χ0v) is 11.0. The fourth-order valence-electron chi connectivity index (χ4n) is 0.682. The van der Waals surface area contributed by atoms with Crippen molar-refractivity contribution in [1.29, 1.82) is 0 Å². The molecule has 1 N–H and O–H groups in total. The van der Waals surface area contributed by atoms with Crippen molar-refractivity contribution in [2.75, 3.05) is 0 Å². The fourth-order valence-corrected chi connectivity index (χ4v) is 3.08. The smallest absolute Gasteiger partial charge is 0.449 e. The van der Waals surface area contributed by atoms with Crippen LogP contribution in [0, 0.1) is 0 Å². The van der Waals surface area contributed by atoms with Crippen LogP contribution in [0.3, 0.4) is 0 Å². The van der Waals surface area contributed by atoms with Gasteiger partial charge in [-0.15, -0.1) is 4.33 Å². The van der Waals surface area contributed by atoms with Crippen LogP contribution in [0.25, 0.3) is 0 Å². The quantitative estimate of drug-likeness (QED) is 0.159. The minimum atomic E-state index is -1.80. The molecule has 18 heavy (non-hydrogen) atoms. The first kappa shape index (κ1) is 15.0. The van der Waals surface area contributed by atoms with E-state index in [0.29, 0.717) is 0 Å². The molecule has 0 aromatic heterocycles. The maximum Gasteiger partial charge on any atom is 0.553 e. The minimum absolute atomic E-state index is 0.786. The van der Waals surface area contributed by atoms with Gasteiger partial charge < -0.3 is 9.84 Å². The molecular formula is C8H6O7S3. The largest absolute Gasteiger partial charge is 0.553 e. The zero-order valence-electron chi connectivity index (χ0n) is 8.51. The Kier molecular flexibility index (Phi) is 7.44. The maximum absolute atomic E-state index is 10.5. The van der Waals surface area contributed by atoms with Crippen molar-refractivity contribution in [2.45, 2.75) is 4.90 Å². The lowest BCUT2D eigenvalue weighted by Crippen LogP contribution is -2.11. The van der Waals surface area contributed by atoms with E-state index >= 15 is 0 Å². The summed E-state index contributed by atoms with van der Waals surface area (Å²) in [7, 11) is 2.61. The van der Waals surface area contributed by atoms with E-state index in [1.165, 1.54) is 20.6 Å². The molecule has 10 heteroatoms. The Labute approximate surface area is 113 Å². The monoisotopic (exact) mass is 310 g/mol. The Morgan fingerprint density at radius 1 is 1.17 bits per heavy atom. The normalized spacial score (nSPS) is 9.78. The third-order valence-electron chi connectivity index (χ3n) is 1.23. The van der Waals surface area contributed by atoms with Gasteiger partial charge in [0.2, 0.25) is 0 Å². The van der Waals surface area contributed by atoms with Crippen LogP contribution in [0.15, 0.2) is 35.2 Å². The molecular weight excluding hydrogens is 304 g/mol. The zero-order chi connectivity index (χ0) is 13.2. The van der Waals surface area contributed by atoms with E-state index in [1.807, 2.05) is 30.3 Å². The predicted octanol–water partition coefficient (Wildman–Crippen LogP) is 3.68. The number of carbonyl (C=O) groups is 2. The highest BCUT2D eigenvalue weighted by Crippen LogP contribution is 2.40. The summed E-state index contributed by atoms with van der Waals surface area (Å²) in [6, 6.07) is 9.47. The van der Waals surface area contributed by atoms with Crippen LogP contribution in [0.4, 0.5) is 9.59 Å². The van der Waals surface area contributed by atoms with E-state index in [4.69, 9.17) is 5.11 Å². The maximum atomic E-state index is 10.5. The molecule has 1 aromatic rings. The van der Waals surface area contributed by atoms with Gasteiger partial charge in [-0.2, -0.15) is 4.79 Å². The van der Waals surface area contributed by atoms with E-state index in [-0.39, 0.29) is 0 Å². The van der Waals surface area contributed by atoms with Crippen molar-refractivity contribution in [2.24, 2.45) is 0 Å². The number of benzene rings is 1. The second-order valence-corrected chi connectivity index (χ2v) is 5.96. The summed E-state index contributed by atoms with van der Waals surface area (Å²) in [6.07, 6.45) is -3.34. The first-order valence-corrected chi connectivity index (χ1v) is 7.60. The average molecular weight is 310 g/mol. The summed E-state index contributed by atoms with van der Waals surface area (Å²) < 4.78 is 7.91. The lowest BCUT2D eigenvalue weighted by atomic mass is 10.4. The van der Waals surface area contributed by atoms with Crippen LogP contribution in [0.2, 0.25) is 0 Å². The lowest BCUT2D eigenvalue weighted by Gasteiger charge is -1.99. The number of hydrogen-bond acceptors (Lipinski definition) is 9. The molecule has 0 aliphatic carbocycles. The van der Waals surface area contributed by atoms with Crippen LogP contribution >= 0.6 is 31.7 Å². The topological polar surface area (TPSA) is 91.3 Å². The second-order valence-electron chi connectivity index (χ2n) is 2.37. The number of carbonyl (C=O) groups excluding carboxylic acids is 1. The molecule has 98 valence electrons. The van der Waals surface area contributed by atoms with Crippen LogP contribution in [-0.2, 0) is 19.0 Å². The van der Waals surface area contributed by atoms with Gasteiger partial charge in [0.25, 0.3) is 0 Å². The molecule has 0 amide bonds. The van der Waals surface area contributed by atoms with Gasteiger partial charge in [0.1, 0.15) is 11.1 Å². The second kappa shape index (κ2) is 8.94. The molecule has 0 bridgehead atoms. The first-order chi connectivity index (χ1) is 8.68. The standard InChI is InChI=1S/C8H6O7S3/c9-7(10)12-8(11)13-14-15-17-18-16-6-4-2-1-3-5-6/h1-5H,(H,9,10). The van der Waals surface area contributed by atoms with Gasteiger partial charge in [-0.3, -0.25) is 0 Å². The van der Waals surface area contributed by atoms with Gasteiger partial charge in [-0.1, -0.05) is 18.2 Å². The number of hydrogen-bond donors (Lipinski definition) is 1. The van der Waals surface area contributed by atoms with Gasteiger partial charge in [0, 0.05) is 19.8 Å². The van der Waals surface area contributed by atoms with Crippen molar-refractivity contribution >= 4 is 44.0 Å². The van der Waals surface area contributed by atoms with Gasteiger partial charge in [0.15, 0.2) is 0 Å². The Hall–Kier alpha value is -1.07. The molecule has 0 spiro atoms. The number of carboxylic acid groups (broad SMARTS) is 1. The van der Waals surface area contributed by atoms with Gasteiger partial charge in [-0.05, 0) is 22.9 Å². The first-order valence-electron chi connectivity index (χ1n) is 4.19. The summed E-state index contributed by atoms with van der Waals surface area (Å²) in [4.78, 5) is 25.1. The molecule has 0 unspecified atom stereocenters. The minimum Gasteiger partial charge on any atom is -0.449 e. The third kappa shape index (κ3) is 7.29. The van der Waals surface area contributed by atoms with E-state index < -0.39 is 12.3 Å². The van der Waals surface area contributed by atoms with Gasteiger partial charge >= 0.3 is 12.3 Å². The van der Waals surface area contributed by atoms with E-state index in [9.17, 15) is 9.59 Å². The van der Waals surface area contributed by atoms with Crippen molar-refractivity contribution in [3.8, 4) is 0 Å². The Bertz CT molecular complexity index is 386. The van der Waals surface area contributed by atoms with Crippen molar-refractivity contribution in [3.63, 3.8) is 0 Å². The molecule has 0 heterocycles. The highest BCUT2D eigenvalue weighted by atomic mass is 33.5. The van der Waals surface area contributed by atoms with Crippen molar-refractivity contribution in [3.05, 3.63) is 30.3 Å². The van der Waals surface area contributed by atoms with Crippen molar-refractivity contribution in [1.82, 2.24) is 0 Å². The molecule has 1 aromatic carbocycles. The Morgan fingerprint density at radius 2 is 1.89 bits per heavy atom. The average Bonchev–Trinajstić information content (AvgIpc) is 2.34. The molecule has 0 atom stereocenters. The molecule has 0 aliphatic rings. The van der Waals surface area contributed by atoms with Crippen molar-refractivity contribution < 1.29 is 33.7 Å². The molecule has 0 aliphatic heterocycles. The van der Waals surface area contributed by atoms with E-state index in [1.54, 1.807) is 0 Å². The molecule has 0 radical (unpaired) electrons. The molecule has 0 fully saturated rings. The van der Waals surface area contributed by atoms with Crippen LogP contribution in [0.5, 0.6) is 0 Å². The number of rotatable bonds is 6. The summed E-state index contributed by atoms with van der Waals surface area (Å²) in [5, 5.41) is 11.9. The molecule has 1 rings (SSSR count). The summed E-state index contributed by atoms with van der Waals surface area (Å²) in [5.74, 6) is 0. The highest BCUT2D eigenvalue weighted by Gasteiger charge is 2.11. The number of ether oxygens (including phenoxy) is 1. The SMILES string of the molecule is O=C(O)OC(=O)OOOSSSc1ccccc1. The van der Waals surface area contributed by atoms with Crippen LogP contribution in [-0.4, -0.2) is 17.4 Å². The van der Waals surface area contributed by atoms with E-state index in [2.05, 4.69) is 19.0 Å².